The van der Waals surface area contributed by atoms with Crippen LogP contribution in [-0.2, 0) is 0 Å². The third-order valence-corrected chi connectivity index (χ3v) is 5.15. The number of carbonyl (C=O) groups is 1. The Hall–Kier alpha value is -4.59. The lowest BCUT2D eigenvalue weighted by atomic mass is 10.0. The lowest BCUT2D eigenvalue weighted by Crippen LogP contribution is -2.20. The highest BCUT2D eigenvalue weighted by Crippen LogP contribution is 2.27. The number of hydrogen-bond donors (Lipinski definition) is 1. The maximum Gasteiger partial charge on any atom is 0.272 e. The number of nitrogens with one attached hydrogen (secondary N) is 1. The van der Waals surface area contributed by atoms with Gasteiger partial charge in [0.1, 0.15) is 5.75 Å². The van der Waals surface area contributed by atoms with Crippen molar-refractivity contribution in [3.63, 3.8) is 0 Å². The number of aromatic nitrogens is 1. The summed E-state index contributed by atoms with van der Waals surface area (Å²) in [4.78, 5) is 28.2. The van der Waals surface area contributed by atoms with Crippen molar-refractivity contribution in [2.24, 2.45) is 5.10 Å². The second-order valence-electron chi connectivity index (χ2n) is 7.25. The highest BCUT2D eigenvalue weighted by molar-refractivity contribution is 6.08. The van der Waals surface area contributed by atoms with Gasteiger partial charge in [-0.15, -0.1) is 0 Å². The molecule has 0 unspecified atom stereocenters. The molecule has 8 heteroatoms. The van der Waals surface area contributed by atoms with Crippen molar-refractivity contribution < 1.29 is 14.5 Å². The molecule has 0 atom stereocenters. The molecule has 4 aromatic rings. The standard InChI is InChI=1S/C25H20N4O4/c1-16(17-8-10-19(11-9-17)29(31)32)27-28-25(30)22-15-24(18-6-4-3-5-7-18)26-23-13-12-20(33-2)14-21(22)23/h3-15H,1-2H3,(H,28,30). The number of methoxy groups -OCH3 is 1. The van der Waals surface area contributed by atoms with Crippen LogP contribution in [-0.4, -0.2) is 28.6 Å². The lowest BCUT2D eigenvalue weighted by molar-refractivity contribution is -0.384. The van der Waals surface area contributed by atoms with Crippen LogP contribution in [0.25, 0.3) is 22.2 Å². The molecule has 0 saturated carbocycles. The zero-order chi connectivity index (χ0) is 23.4. The Kier molecular flexibility index (Phi) is 6.08. The first-order valence-corrected chi connectivity index (χ1v) is 10.1. The van der Waals surface area contributed by atoms with Crippen LogP contribution in [0.4, 0.5) is 5.69 Å². The summed E-state index contributed by atoms with van der Waals surface area (Å²) in [5, 5.41) is 15.7. The van der Waals surface area contributed by atoms with Gasteiger partial charge in [0, 0.05) is 23.1 Å². The Morgan fingerprint density at radius 2 is 1.76 bits per heavy atom. The van der Waals surface area contributed by atoms with Gasteiger partial charge in [0.05, 0.1) is 34.5 Å². The summed E-state index contributed by atoms with van der Waals surface area (Å²) in [6.45, 7) is 1.71. The SMILES string of the molecule is COc1ccc2nc(-c3ccccc3)cc(C(=O)NN=C(C)c3ccc([N+](=O)[O-])cc3)c2c1. The van der Waals surface area contributed by atoms with Crippen molar-refractivity contribution in [3.8, 4) is 17.0 Å². The molecule has 1 amide bonds. The number of non-ortho nitro benzene ring substituents is 1. The van der Waals surface area contributed by atoms with E-state index in [-0.39, 0.29) is 5.69 Å². The fraction of sp³-hybridized carbons (Fsp3) is 0.0800. The van der Waals surface area contributed by atoms with E-state index < -0.39 is 10.8 Å². The number of nitro benzene ring substituents is 1. The van der Waals surface area contributed by atoms with Crippen LogP contribution in [0.5, 0.6) is 5.75 Å². The Bertz CT molecular complexity index is 1370. The number of carbonyl (C=O) groups excluding carboxylic acids is 1. The smallest absolute Gasteiger partial charge is 0.272 e. The fourth-order valence-electron chi connectivity index (χ4n) is 3.36. The summed E-state index contributed by atoms with van der Waals surface area (Å²) < 4.78 is 5.32. The molecule has 1 aromatic heterocycles. The van der Waals surface area contributed by atoms with E-state index in [4.69, 9.17) is 9.72 Å². The Morgan fingerprint density at radius 1 is 1.03 bits per heavy atom. The largest absolute Gasteiger partial charge is 0.497 e. The molecule has 0 spiro atoms. The Morgan fingerprint density at radius 3 is 2.42 bits per heavy atom. The summed E-state index contributed by atoms with van der Waals surface area (Å²) in [6.07, 6.45) is 0. The summed E-state index contributed by atoms with van der Waals surface area (Å²) in [7, 11) is 1.56. The van der Waals surface area contributed by atoms with E-state index in [1.807, 2.05) is 36.4 Å². The van der Waals surface area contributed by atoms with Crippen LogP contribution in [0.3, 0.4) is 0 Å². The second-order valence-corrected chi connectivity index (χ2v) is 7.25. The zero-order valence-corrected chi connectivity index (χ0v) is 18.0. The van der Waals surface area contributed by atoms with E-state index in [0.29, 0.717) is 39.2 Å². The maximum absolute atomic E-state index is 13.1. The van der Waals surface area contributed by atoms with Gasteiger partial charge in [-0.05, 0) is 48.9 Å². The fourth-order valence-corrected chi connectivity index (χ4v) is 3.36. The number of pyridine rings is 1. The van der Waals surface area contributed by atoms with Gasteiger partial charge >= 0.3 is 0 Å². The molecule has 3 aromatic carbocycles. The number of rotatable bonds is 6. The van der Waals surface area contributed by atoms with Gasteiger partial charge in [0.15, 0.2) is 0 Å². The zero-order valence-electron chi connectivity index (χ0n) is 18.0. The quantitative estimate of drug-likeness (QED) is 0.259. The third kappa shape index (κ3) is 4.69. The number of nitro groups is 1. The number of ether oxygens (including phenoxy) is 1. The van der Waals surface area contributed by atoms with Crippen molar-refractivity contribution in [3.05, 3.63) is 100 Å². The van der Waals surface area contributed by atoms with Crippen LogP contribution >= 0.6 is 0 Å². The summed E-state index contributed by atoms with van der Waals surface area (Å²) in [5.41, 5.74) is 6.35. The number of amides is 1. The monoisotopic (exact) mass is 440 g/mol. The van der Waals surface area contributed by atoms with Crippen LogP contribution < -0.4 is 10.2 Å². The lowest BCUT2D eigenvalue weighted by Gasteiger charge is -2.11. The molecule has 0 fully saturated rings. The summed E-state index contributed by atoms with van der Waals surface area (Å²) in [5.74, 6) is 0.200. The molecule has 164 valence electrons. The van der Waals surface area contributed by atoms with E-state index in [1.54, 1.807) is 44.4 Å². The van der Waals surface area contributed by atoms with Gasteiger partial charge in [-0.25, -0.2) is 10.4 Å². The highest BCUT2D eigenvalue weighted by atomic mass is 16.6. The number of hydrogen-bond acceptors (Lipinski definition) is 6. The minimum atomic E-state index is -0.467. The molecular formula is C25H20N4O4. The first-order valence-electron chi connectivity index (χ1n) is 10.1. The van der Waals surface area contributed by atoms with Gasteiger partial charge < -0.3 is 4.74 Å². The van der Waals surface area contributed by atoms with Gasteiger partial charge in [-0.3, -0.25) is 14.9 Å². The van der Waals surface area contributed by atoms with E-state index in [9.17, 15) is 14.9 Å². The molecule has 1 heterocycles. The van der Waals surface area contributed by atoms with E-state index >= 15 is 0 Å². The highest BCUT2D eigenvalue weighted by Gasteiger charge is 2.15. The third-order valence-electron chi connectivity index (χ3n) is 5.15. The second kappa shape index (κ2) is 9.27. The van der Waals surface area contributed by atoms with Gasteiger partial charge in [0.2, 0.25) is 0 Å². The van der Waals surface area contributed by atoms with Crippen molar-refractivity contribution in [2.75, 3.05) is 7.11 Å². The molecule has 33 heavy (non-hydrogen) atoms. The van der Waals surface area contributed by atoms with Crippen molar-refractivity contribution in [1.29, 1.82) is 0 Å². The van der Waals surface area contributed by atoms with Crippen molar-refractivity contribution in [2.45, 2.75) is 6.92 Å². The molecule has 4 rings (SSSR count). The minimum Gasteiger partial charge on any atom is -0.497 e. The number of nitrogens with zero attached hydrogens (tertiary/aromatic N) is 3. The first-order chi connectivity index (χ1) is 16.0. The van der Waals surface area contributed by atoms with Crippen LogP contribution in [0.1, 0.15) is 22.8 Å². The van der Waals surface area contributed by atoms with E-state index in [0.717, 1.165) is 5.56 Å². The minimum absolute atomic E-state index is 0.0128. The predicted molar refractivity (Wildman–Crippen MR) is 127 cm³/mol. The van der Waals surface area contributed by atoms with E-state index in [2.05, 4.69) is 10.5 Å². The average molecular weight is 440 g/mol. The van der Waals surface area contributed by atoms with Gasteiger partial charge in [-0.2, -0.15) is 5.10 Å². The van der Waals surface area contributed by atoms with Crippen LogP contribution in [0, 0.1) is 10.1 Å². The van der Waals surface area contributed by atoms with Crippen LogP contribution in [0.2, 0.25) is 0 Å². The average Bonchev–Trinajstić information content (AvgIpc) is 2.86. The Balaban J connectivity index is 1.70. The van der Waals surface area contributed by atoms with Gasteiger partial charge in [0.25, 0.3) is 11.6 Å². The van der Waals surface area contributed by atoms with Crippen molar-refractivity contribution >= 4 is 28.2 Å². The number of benzene rings is 3. The molecule has 0 aliphatic carbocycles. The molecular weight excluding hydrogens is 420 g/mol. The molecule has 8 nitrogen and oxygen atoms in total. The van der Waals surface area contributed by atoms with Crippen LogP contribution in [0.15, 0.2) is 84.0 Å². The van der Waals surface area contributed by atoms with Crippen molar-refractivity contribution in [1.82, 2.24) is 10.4 Å². The Labute approximate surface area is 189 Å². The molecule has 0 radical (unpaired) electrons. The molecule has 0 saturated heterocycles. The molecule has 0 bridgehead atoms. The summed E-state index contributed by atoms with van der Waals surface area (Å²) >= 11 is 0. The first kappa shape index (κ1) is 21.6. The normalized spacial score (nSPS) is 11.3. The molecule has 0 aliphatic heterocycles. The topological polar surface area (TPSA) is 107 Å². The van der Waals surface area contributed by atoms with E-state index in [1.165, 1.54) is 12.1 Å². The van der Waals surface area contributed by atoms with Gasteiger partial charge in [-0.1, -0.05) is 30.3 Å². The molecule has 0 aliphatic rings. The maximum atomic E-state index is 13.1. The predicted octanol–water partition coefficient (Wildman–Crippen LogP) is 4.97. The summed E-state index contributed by atoms with van der Waals surface area (Å²) in [6, 6.07) is 22.6. The molecule has 1 N–H and O–H groups in total. The number of hydrazone groups is 1. The number of fused-ring (bicyclic) bond motifs is 1.